The highest BCUT2D eigenvalue weighted by atomic mass is 35.5. The van der Waals surface area contributed by atoms with E-state index in [2.05, 4.69) is 15.3 Å². The molecule has 6 nitrogen and oxygen atoms in total. The summed E-state index contributed by atoms with van der Waals surface area (Å²) in [5.74, 6) is -0.227. The molecular weight excluding hydrogens is 360 g/mol. The molecule has 0 saturated carbocycles. The molecule has 8 heteroatoms. The van der Waals surface area contributed by atoms with Crippen LogP contribution in [0.2, 0.25) is 5.02 Å². The highest BCUT2D eigenvalue weighted by Gasteiger charge is 2.31. The number of aromatic amines is 1. The van der Waals surface area contributed by atoms with Gasteiger partial charge in [0.05, 0.1) is 6.04 Å². The van der Waals surface area contributed by atoms with Crippen LogP contribution in [0.15, 0.2) is 28.2 Å². The molecular formula is C17H17ClN4O2S. The second-order valence-corrected chi connectivity index (χ2v) is 7.25. The Morgan fingerprint density at radius 2 is 2.24 bits per heavy atom. The Labute approximate surface area is 153 Å². The normalized spacial score (nSPS) is 17.0. The van der Waals surface area contributed by atoms with Gasteiger partial charge in [0.15, 0.2) is 5.16 Å². The van der Waals surface area contributed by atoms with Gasteiger partial charge in [-0.2, -0.15) is 4.98 Å². The Bertz CT molecular complexity index is 1040. The molecule has 0 bridgehead atoms. The van der Waals surface area contributed by atoms with Crippen molar-refractivity contribution < 1.29 is 5.11 Å². The lowest BCUT2D eigenvalue weighted by Gasteiger charge is -2.25. The molecule has 0 unspecified atom stereocenters. The zero-order valence-corrected chi connectivity index (χ0v) is 15.3. The fourth-order valence-electron chi connectivity index (χ4n) is 3.47. The van der Waals surface area contributed by atoms with Crippen LogP contribution < -0.4 is 10.9 Å². The van der Waals surface area contributed by atoms with Crippen LogP contribution >= 0.6 is 23.4 Å². The Morgan fingerprint density at radius 3 is 3.00 bits per heavy atom. The maximum Gasteiger partial charge on any atom is 0.262 e. The van der Waals surface area contributed by atoms with Crippen molar-refractivity contribution in [2.24, 2.45) is 7.05 Å². The minimum atomic E-state index is -0.433. The standard InChI is InChI=1S/C17H17ClN4O2S/c1-22-16(24)12(15(23)21-17(22)25-2)14-13-9(5-6-19-14)10-7-8(18)3-4-11(10)20-13/h3-4,7,14,19-20,23H,5-6H2,1-2H3/t14-/m0/s1. The van der Waals surface area contributed by atoms with Crippen LogP contribution in [0.1, 0.15) is 22.9 Å². The fraction of sp³-hybridized carbons (Fsp3) is 0.294. The summed E-state index contributed by atoms with van der Waals surface area (Å²) in [6.45, 7) is 0.698. The minimum absolute atomic E-state index is 0.227. The van der Waals surface area contributed by atoms with Gasteiger partial charge in [-0.05, 0) is 36.4 Å². The number of nitrogens with one attached hydrogen (secondary N) is 2. The second-order valence-electron chi connectivity index (χ2n) is 6.04. The van der Waals surface area contributed by atoms with E-state index in [9.17, 15) is 9.90 Å². The average Bonchev–Trinajstić information content (AvgIpc) is 2.97. The number of aromatic nitrogens is 3. The molecule has 0 radical (unpaired) electrons. The zero-order valence-electron chi connectivity index (χ0n) is 13.8. The van der Waals surface area contributed by atoms with Crippen molar-refractivity contribution in [3.8, 4) is 5.88 Å². The third-order valence-corrected chi connectivity index (χ3v) is 5.61. The lowest BCUT2D eigenvalue weighted by molar-refractivity contribution is 0.413. The smallest absolute Gasteiger partial charge is 0.262 e. The molecule has 0 aliphatic carbocycles. The first-order valence-corrected chi connectivity index (χ1v) is 9.48. The number of aromatic hydroxyl groups is 1. The number of fused-ring (bicyclic) bond motifs is 3. The van der Waals surface area contributed by atoms with Crippen molar-refractivity contribution in [3.05, 3.63) is 50.4 Å². The topological polar surface area (TPSA) is 82.9 Å². The zero-order chi connectivity index (χ0) is 17.7. The molecule has 3 N–H and O–H groups in total. The average molecular weight is 377 g/mol. The molecule has 0 amide bonds. The van der Waals surface area contributed by atoms with Gasteiger partial charge in [-0.25, -0.2) is 0 Å². The van der Waals surface area contributed by atoms with Crippen LogP contribution in [0.25, 0.3) is 10.9 Å². The van der Waals surface area contributed by atoms with Crippen LogP contribution in [0.3, 0.4) is 0 Å². The summed E-state index contributed by atoms with van der Waals surface area (Å²) in [5, 5.41) is 15.9. The van der Waals surface area contributed by atoms with E-state index < -0.39 is 6.04 Å². The molecule has 0 spiro atoms. The molecule has 1 aliphatic rings. The lowest BCUT2D eigenvalue weighted by Crippen LogP contribution is -2.36. The monoisotopic (exact) mass is 376 g/mol. The predicted molar refractivity (Wildman–Crippen MR) is 99.8 cm³/mol. The number of rotatable bonds is 2. The molecule has 3 heterocycles. The van der Waals surface area contributed by atoms with E-state index in [1.54, 1.807) is 7.05 Å². The molecule has 0 fully saturated rings. The lowest BCUT2D eigenvalue weighted by atomic mass is 9.95. The maximum absolute atomic E-state index is 12.8. The number of hydrogen-bond acceptors (Lipinski definition) is 5. The van der Waals surface area contributed by atoms with E-state index in [-0.39, 0.29) is 17.0 Å². The molecule has 1 aromatic carbocycles. The van der Waals surface area contributed by atoms with E-state index in [0.717, 1.165) is 28.6 Å². The molecule has 3 aromatic rings. The van der Waals surface area contributed by atoms with Crippen LogP contribution in [0.4, 0.5) is 0 Å². The van der Waals surface area contributed by atoms with Crippen molar-refractivity contribution in [3.63, 3.8) is 0 Å². The van der Waals surface area contributed by atoms with E-state index >= 15 is 0 Å². The van der Waals surface area contributed by atoms with Crippen LogP contribution in [0.5, 0.6) is 5.88 Å². The van der Waals surface area contributed by atoms with Crippen molar-refractivity contribution in [2.75, 3.05) is 12.8 Å². The summed E-state index contributed by atoms with van der Waals surface area (Å²) in [6.07, 6.45) is 2.64. The molecule has 1 atom stereocenters. The maximum atomic E-state index is 12.8. The van der Waals surface area contributed by atoms with E-state index in [1.807, 2.05) is 24.5 Å². The van der Waals surface area contributed by atoms with Gasteiger partial charge < -0.3 is 15.4 Å². The summed E-state index contributed by atoms with van der Waals surface area (Å²) in [4.78, 5) is 20.4. The largest absolute Gasteiger partial charge is 0.493 e. The van der Waals surface area contributed by atoms with Crippen molar-refractivity contribution >= 4 is 34.3 Å². The van der Waals surface area contributed by atoms with Gasteiger partial charge in [-0.1, -0.05) is 23.4 Å². The second kappa shape index (κ2) is 6.09. The number of halogens is 1. The van der Waals surface area contributed by atoms with Crippen LogP contribution in [-0.4, -0.2) is 32.4 Å². The molecule has 2 aromatic heterocycles. The first kappa shape index (κ1) is 16.5. The molecule has 0 saturated heterocycles. The number of thioether (sulfide) groups is 1. The summed E-state index contributed by atoms with van der Waals surface area (Å²) < 4.78 is 1.47. The fourth-order valence-corrected chi connectivity index (χ4v) is 4.18. The highest BCUT2D eigenvalue weighted by molar-refractivity contribution is 7.98. The molecule has 25 heavy (non-hydrogen) atoms. The van der Waals surface area contributed by atoms with Crippen LogP contribution in [0, 0.1) is 0 Å². The quantitative estimate of drug-likeness (QED) is 0.473. The first-order valence-electron chi connectivity index (χ1n) is 7.88. The Hall–Kier alpha value is -1.96. The summed E-state index contributed by atoms with van der Waals surface area (Å²) in [5.41, 5.74) is 2.98. The van der Waals surface area contributed by atoms with Gasteiger partial charge in [0.25, 0.3) is 5.56 Å². The van der Waals surface area contributed by atoms with Gasteiger partial charge >= 0.3 is 0 Å². The summed E-state index contributed by atoms with van der Waals surface area (Å²) >= 11 is 7.46. The van der Waals surface area contributed by atoms with Crippen molar-refractivity contribution in [2.45, 2.75) is 17.6 Å². The Morgan fingerprint density at radius 1 is 1.44 bits per heavy atom. The predicted octanol–water partition coefficient (Wildman–Crippen LogP) is 2.58. The number of nitrogens with zero attached hydrogens (tertiary/aromatic N) is 2. The van der Waals surface area contributed by atoms with Gasteiger partial charge in [0.1, 0.15) is 5.56 Å². The molecule has 1 aliphatic heterocycles. The number of benzene rings is 1. The van der Waals surface area contributed by atoms with E-state index in [4.69, 9.17) is 11.6 Å². The minimum Gasteiger partial charge on any atom is -0.493 e. The van der Waals surface area contributed by atoms with Gasteiger partial charge in [-0.15, -0.1) is 0 Å². The SMILES string of the molecule is CSc1nc(O)c([C@@H]2NCCc3c2[nH]c2ccc(Cl)cc32)c(=O)n1C. The van der Waals surface area contributed by atoms with Crippen molar-refractivity contribution in [1.29, 1.82) is 0 Å². The van der Waals surface area contributed by atoms with Gasteiger partial charge in [0, 0.05) is 35.2 Å². The van der Waals surface area contributed by atoms with Crippen molar-refractivity contribution in [1.82, 2.24) is 19.9 Å². The number of H-pyrrole nitrogens is 1. The Balaban J connectivity index is 1.94. The summed E-state index contributed by atoms with van der Waals surface area (Å²) in [6, 6.07) is 5.26. The third kappa shape index (κ3) is 2.54. The van der Waals surface area contributed by atoms with E-state index in [1.165, 1.54) is 16.3 Å². The van der Waals surface area contributed by atoms with Crippen LogP contribution in [-0.2, 0) is 13.5 Å². The van der Waals surface area contributed by atoms with E-state index in [0.29, 0.717) is 16.7 Å². The molecule has 4 rings (SSSR count). The number of hydrogen-bond donors (Lipinski definition) is 3. The third-order valence-electron chi connectivity index (χ3n) is 4.65. The van der Waals surface area contributed by atoms with Gasteiger partial charge in [0.2, 0.25) is 5.88 Å². The summed E-state index contributed by atoms with van der Waals surface area (Å²) in [7, 11) is 1.67. The Kier molecular flexibility index (Phi) is 4.02. The highest BCUT2D eigenvalue weighted by Crippen LogP contribution is 2.35. The van der Waals surface area contributed by atoms with Gasteiger partial charge in [-0.3, -0.25) is 9.36 Å². The first-order chi connectivity index (χ1) is 12.0. The molecule has 130 valence electrons.